The highest BCUT2D eigenvalue weighted by Crippen LogP contribution is 2.19. The Morgan fingerprint density at radius 1 is 1.05 bits per heavy atom. The van der Waals surface area contributed by atoms with E-state index in [9.17, 15) is 4.79 Å². The van der Waals surface area contributed by atoms with Gasteiger partial charge in [0.05, 0.1) is 13.2 Å². The van der Waals surface area contributed by atoms with E-state index in [4.69, 9.17) is 4.74 Å². The zero-order valence-corrected chi connectivity index (χ0v) is 11.4. The second kappa shape index (κ2) is 5.55. The first-order valence-corrected chi connectivity index (χ1v) is 7.28. The molecule has 1 saturated heterocycles. The van der Waals surface area contributed by atoms with E-state index in [1.54, 1.807) is 11.3 Å². The van der Waals surface area contributed by atoms with Gasteiger partial charge in [-0.1, -0.05) is 0 Å². The van der Waals surface area contributed by atoms with Gasteiger partial charge < -0.3 is 9.64 Å². The summed E-state index contributed by atoms with van der Waals surface area (Å²) in [4.78, 5) is 14.4. The fourth-order valence-corrected chi connectivity index (χ4v) is 2.84. The van der Waals surface area contributed by atoms with Gasteiger partial charge in [0.15, 0.2) is 5.78 Å². The van der Waals surface area contributed by atoms with Crippen LogP contribution in [0.1, 0.15) is 15.9 Å². The van der Waals surface area contributed by atoms with Crippen molar-refractivity contribution in [3.05, 3.63) is 52.2 Å². The number of nitrogens with zero attached hydrogens (tertiary/aromatic N) is 1. The first-order valence-electron chi connectivity index (χ1n) is 6.34. The SMILES string of the molecule is O=C(c1ccc(N2CCOCC2)cc1)c1ccsc1. The number of hydrogen-bond acceptors (Lipinski definition) is 4. The number of anilines is 1. The third-order valence-corrected chi connectivity index (χ3v) is 3.97. The Hall–Kier alpha value is -1.65. The van der Waals surface area contributed by atoms with Crippen molar-refractivity contribution in [2.45, 2.75) is 0 Å². The Balaban J connectivity index is 1.77. The van der Waals surface area contributed by atoms with Gasteiger partial charge in [-0.15, -0.1) is 0 Å². The van der Waals surface area contributed by atoms with Crippen molar-refractivity contribution in [2.24, 2.45) is 0 Å². The van der Waals surface area contributed by atoms with Gasteiger partial charge in [-0.05, 0) is 35.7 Å². The lowest BCUT2D eigenvalue weighted by molar-refractivity contribution is 0.103. The van der Waals surface area contributed by atoms with Gasteiger partial charge in [0.2, 0.25) is 0 Å². The summed E-state index contributed by atoms with van der Waals surface area (Å²) in [5, 5.41) is 3.81. The van der Waals surface area contributed by atoms with E-state index in [1.807, 2.05) is 41.1 Å². The Kier molecular flexibility index (Phi) is 3.62. The van der Waals surface area contributed by atoms with Gasteiger partial charge in [0.25, 0.3) is 0 Å². The molecule has 98 valence electrons. The molecule has 3 rings (SSSR count). The molecule has 1 aromatic heterocycles. The predicted molar refractivity (Wildman–Crippen MR) is 77.2 cm³/mol. The van der Waals surface area contributed by atoms with Crippen LogP contribution < -0.4 is 4.90 Å². The van der Waals surface area contributed by atoms with Crippen molar-refractivity contribution in [3.63, 3.8) is 0 Å². The maximum atomic E-state index is 12.2. The van der Waals surface area contributed by atoms with Crippen LogP contribution in [0.3, 0.4) is 0 Å². The van der Waals surface area contributed by atoms with Crippen molar-refractivity contribution >= 4 is 22.8 Å². The molecular weight excluding hydrogens is 258 g/mol. The average molecular weight is 273 g/mol. The Bertz CT molecular complexity index is 542. The summed E-state index contributed by atoms with van der Waals surface area (Å²) >= 11 is 1.55. The number of rotatable bonds is 3. The van der Waals surface area contributed by atoms with Crippen molar-refractivity contribution in [1.82, 2.24) is 0 Å². The van der Waals surface area contributed by atoms with Crippen molar-refractivity contribution in [2.75, 3.05) is 31.2 Å². The summed E-state index contributed by atoms with van der Waals surface area (Å²) in [5.74, 6) is 0.0924. The molecule has 1 aromatic carbocycles. The number of ketones is 1. The van der Waals surface area contributed by atoms with Crippen molar-refractivity contribution in [1.29, 1.82) is 0 Å². The highest BCUT2D eigenvalue weighted by molar-refractivity contribution is 7.08. The summed E-state index contributed by atoms with van der Waals surface area (Å²) in [6, 6.07) is 9.72. The van der Waals surface area contributed by atoms with Crippen LogP contribution in [-0.4, -0.2) is 32.1 Å². The normalized spacial score (nSPS) is 15.5. The molecule has 19 heavy (non-hydrogen) atoms. The van der Waals surface area contributed by atoms with Crippen LogP contribution in [0, 0.1) is 0 Å². The van der Waals surface area contributed by atoms with Crippen molar-refractivity contribution < 1.29 is 9.53 Å². The maximum absolute atomic E-state index is 12.2. The third-order valence-electron chi connectivity index (χ3n) is 3.29. The maximum Gasteiger partial charge on any atom is 0.193 e. The zero-order valence-electron chi connectivity index (χ0n) is 10.5. The molecule has 0 bridgehead atoms. The Labute approximate surface area is 116 Å². The molecule has 4 heteroatoms. The second-order valence-electron chi connectivity index (χ2n) is 4.49. The summed E-state index contributed by atoms with van der Waals surface area (Å²) in [6.45, 7) is 3.38. The molecule has 0 N–H and O–H groups in total. The Morgan fingerprint density at radius 3 is 2.42 bits per heavy atom. The smallest absolute Gasteiger partial charge is 0.193 e. The molecule has 0 spiro atoms. The summed E-state index contributed by atoms with van der Waals surface area (Å²) < 4.78 is 5.34. The van der Waals surface area contributed by atoms with Crippen LogP contribution in [0.25, 0.3) is 0 Å². The molecule has 1 aliphatic rings. The standard InChI is InChI=1S/C15H15NO2S/c17-15(13-5-10-19-11-13)12-1-3-14(4-2-12)16-6-8-18-9-7-16/h1-5,10-11H,6-9H2. The number of ether oxygens (including phenoxy) is 1. The lowest BCUT2D eigenvalue weighted by Crippen LogP contribution is -2.36. The van der Waals surface area contributed by atoms with E-state index in [0.29, 0.717) is 0 Å². The molecule has 0 unspecified atom stereocenters. The highest BCUT2D eigenvalue weighted by atomic mass is 32.1. The molecular formula is C15H15NO2S. The lowest BCUT2D eigenvalue weighted by atomic mass is 10.1. The summed E-state index contributed by atoms with van der Waals surface area (Å²) in [5.41, 5.74) is 2.67. The van der Waals surface area contributed by atoms with Crippen LogP contribution in [0.5, 0.6) is 0 Å². The predicted octanol–water partition coefficient (Wildman–Crippen LogP) is 2.82. The van der Waals surface area contributed by atoms with E-state index in [-0.39, 0.29) is 5.78 Å². The van der Waals surface area contributed by atoms with Crippen LogP contribution >= 0.6 is 11.3 Å². The van der Waals surface area contributed by atoms with Gasteiger partial charge in [-0.25, -0.2) is 0 Å². The van der Waals surface area contributed by atoms with Gasteiger partial charge >= 0.3 is 0 Å². The molecule has 0 radical (unpaired) electrons. The van der Waals surface area contributed by atoms with Gasteiger partial charge in [-0.3, -0.25) is 4.79 Å². The average Bonchev–Trinajstić information content (AvgIpc) is 3.02. The topological polar surface area (TPSA) is 29.5 Å². The van der Waals surface area contributed by atoms with Crippen LogP contribution in [0.15, 0.2) is 41.1 Å². The monoisotopic (exact) mass is 273 g/mol. The minimum Gasteiger partial charge on any atom is -0.378 e. The van der Waals surface area contributed by atoms with Crippen molar-refractivity contribution in [3.8, 4) is 0 Å². The Morgan fingerprint density at radius 2 is 1.79 bits per heavy atom. The quantitative estimate of drug-likeness (QED) is 0.805. The second-order valence-corrected chi connectivity index (χ2v) is 5.27. The van der Waals surface area contributed by atoms with E-state index in [2.05, 4.69) is 4.90 Å². The highest BCUT2D eigenvalue weighted by Gasteiger charge is 2.13. The van der Waals surface area contributed by atoms with Gasteiger partial charge in [0.1, 0.15) is 0 Å². The molecule has 2 heterocycles. The minimum absolute atomic E-state index is 0.0924. The zero-order chi connectivity index (χ0) is 13.1. The van der Waals surface area contributed by atoms with E-state index < -0.39 is 0 Å². The number of hydrogen-bond donors (Lipinski definition) is 0. The molecule has 1 aliphatic heterocycles. The first kappa shape index (κ1) is 12.4. The molecule has 0 amide bonds. The fraction of sp³-hybridized carbons (Fsp3) is 0.267. The molecule has 0 aliphatic carbocycles. The molecule has 0 saturated carbocycles. The lowest BCUT2D eigenvalue weighted by Gasteiger charge is -2.28. The molecule has 1 fully saturated rings. The van der Waals surface area contributed by atoms with Gasteiger partial charge in [-0.2, -0.15) is 11.3 Å². The number of carbonyl (C=O) groups excluding carboxylic acids is 1. The molecule has 0 atom stereocenters. The summed E-state index contributed by atoms with van der Waals surface area (Å²) in [6.07, 6.45) is 0. The van der Waals surface area contributed by atoms with Gasteiger partial charge in [0, 0.05) is 35.3 Å². The third kappa shape index (κ3) is 2.69. The van der Waals surface area contributed by atoms with E-state index in [0.717, 1.165) is 43.1 Å². The van der Waals surface area contributed by atoms with Crippen LogP contribution in [0.2, 0.25) is 0 Å². The fourth-order valence-electron chi connectivity index (χ4n) is 2.21. The number of thiophene rings is 1. The first-order chi connectivity index (χ1) is 9.34. The number of morpholine rings is 1. The minimum atomic E-state index is 0.0924. The largest absolute Gasteiger partial charge is 0.378 e. The van der Waals surface area contributed by atoms with Crippen LogP contribution in [-0.2, 0) is 4.74 Å². The summed E-state index contributed by atoms with van der Waals surface area (Å²) in [7, 11) is 0. The number of carbonyl (C=O) groups is 1. The molecule has 3 nitrogen and oxygen atoms in total. The van der Waals surface area contributed by atoms with E-state index >= 15 is 0 Å². The number of benzene rings is 1. The van der Waals surface area contributed by atoms with E-state index in [1.165, 1.54) is 0 Å². The van der Waals surface area contributed by atoms with Crippen LogP contribution in [0.4, 0.5) is 5.69 Å². The molecule has 2 aromatic rings.